The van der Waals surface area contributed by atoms with Crippen molar-refractivity contribution in [1.29, 1.82) is 0 Å². The molecule has 6 nitrogen and oxygen atoms in total. The number of aryl methyl sites for hydroxylation is 1. The highest BCUT2D eigenvalue weighted by Crippen LogP contribution is 2.13. The number of benzene rings is 1. The van der Waals surface area contributed by atoms with Crippen molar-refractivity contribution in [3.05, 3.63) is 65.5 Å². The molecule has 0 fully saturated rings. The second-order valence-electron chi connectivity index (χ2n) is 6.30. The first-order valence-electron chi connectivity index (χ1n) is 8.73. The normalized spacial score (nSPS) is 14.1. The van der Waals surface area contributed by atoms with Crippen molar-refractivity contribution in [2.45, 2.75) is 32.7 Å². The van der Waals surface area contributed by atoms with Gasteiger partial charge in [-0.3, -0.25) is 14.6 Å². The van der Waals surface area contributed by atoms with Crippen molar-refractivity contribution in [3.63, 3.8) is 0 Å². The summed E-state index contributed by atoms with van der Waals surface area (Å²) in [4.78, 5) is 28.7. The number of rotatable bonds is 6. The van der Waals surface area contributed by atoms with Crippen LogP contribution in [0, 0.1) is 6.92 Å². The van der Waals surface area contributed by atoms with Crippen LogP contribution in [0.15, 0.2) is 53.8 Å². The van der Waals surface area contributed by atoms with E-state index in [-0.39, 0.29) is 11.8 Å². The fourth-order valence-corrected chi connectivity index (χ4v) is 2.71. The van der Waals surface area contributed by atoms with Crippen LogP contribution in [0.3, 0.4) is 0 Å². The molecule has 2 heterocycles. The molecule has 0 saturated carbocycles. The molecule has 0 saturated heterocycles. The fourth-order valence-electron chi connectivity index (χ4n) is 2.71. The Morgan fingerprint density at radius 3 is 2.65 bits per heavy atom. The smallest absolute Gasteiger partial charge is 0.267 e. The maximum atomic E-state index is 12.4. The molecule has 3 rings (SSSR count). The summed E-state index contributed by atoms with van der Waals surface area (Å²) in [6, 6.07) is 13.6. The van der Waals surface area contributed by atoms with Gasteiger partial charge in [-0.25, -0.2) is 5.01 Å². The molecule has 1 aromatic heterocycles. The minimum absolute atomic E-state index is 0.0591. The van der Waals surface area contributed by atoms with Crippen molar-refractivity contribution in [2.24, 2.45) is 5.10 Å². The van der Waals surface area contributed by atoms with Crippen molar-refractivity contribution >= 4 is 17.5 Å². The molecule has 0 radical (unpaired) electrons. The Morgan fingerprint density at radius 1 is 1.12 bits per heavy atom. The van der Waals surface area contributed by atoms with Crippen LogP contribution in [0.4, 0.5) is 0 Å². The number of pyridine rings is 1. The SMILES string of the molecule is Cc1ccc(CCNC(=O)C2=NN(Cc3ccccc3)C(=O)CC2)cn1. The predicted octanol–water partition coefficient (Wildman–Crippen LogP) is 2.23. The molecule has 2 amide bonds. The minimum Gasteiger partial charge on any atom is -0.351 e. The quantitative estimate of drug-likeness (QED) is 0.868. The summed E-state index contributed by atoms with van der Waals surface area (Å²) < 4.78 is 0. The van der Waals surface area contributed by atoms with Gasteiger partial charge < -0.3 is 5.32 Å². The van der Waals surface area contributed by atoms with E-state index in [1.807, 2.05) is 55.6 Å². The summed E-state index contributed by atoms with van der Waals surface area (Å²) in [5.41, 5.74) is 3.43. The average molecular weight is 350 g/mol. The van der Waals surface area contributed by atoms with Gasteiger partial charge in [0, 0.05) is 31.3 Å². The number of carbonyl (C=O) groups excluding carboxylic acids is 2. The molecule has 26 heavy (non-hydrogen) atoms. The first-order valence-corrected chi connectivity index (χ1v) is 8.73. The molecule has 0 spiro atoms. The summed E-state index contributed by atoms with van der Waals surface area (Å²) >= 11 is 0. The third-order valence-corrected chi connectivity index (χ3v) is 4.21. The molecule has 0 unspecified atom stereocenters. The van der Waals surface area contributed by atoms with Gasteiger partial charge in [0.05, 0.1) is 6.54 Å². The number of hydrogen-bond acceptors (Lipinski definition) is 4. The number of amides is 2. The highest BCUT2D eigenvalue weighted by atomic mass is 16.2. The number of hydrazone groups is 1. The summed E-state index contributed by atoms with van der Waals surface area (Å²) in [6.07, 6.45) is 3.21. The Hall–Kier alpha value is -3.02. The van der Waals surface area contributed by atoms with E-state index < -0.39 is 0 Å². The number of hydrogen-bond donors (Lipinski definition) is 1. The standard InChI is InChI=1S/C20H22N4O2/c1-15-7-8-16(13-22-15)11-12-21-20(26)18-9-10-19(25)24(23-18)14-17-5-3-2-4-6-17/h2-8,13H,9-12,14H2,1H3,(H,21,26). The van der Waals surface area contributed by atoms with Gasteiger partial charge in [-0.2, -0.15) is 5.10 Å². The summed E-state index contributed by atoms with van der Waals surface area (Å²) in [5.74, 6) is -0.272. The zero-order valence-electron chi connectivity index (χ0n) is 14.8. The molecule has 0 aliphatic carbocycles. The van der Waals surface area contributed by atoms with Gasteiger partial charge in [0.1, 0.15) is 5.71 Å². The Balaban J connectivity index is 1.56. The molecule has 6 heteroatoms. The lowest BCUT2D eigenvalue weighted by Crippen LogP contribution is -2.39. The lowest BCUT2D eigenvalue weighted by Gasteiger charge is -2.23. The Bertz CT molecular complexity index is 800. The molecule has 2 aromatic rings. The summed E-state index contributed by atoms with van der Waals surface area (Å²) in [6.45, 7) is 2.83. The summed E-state index contributed by atoms with van der Waals surface area (Å²) in [7, 11) is 0. The lowest BCUT2D eigenvalue weighted by molar-refractivity contribution is -0.132. The van der Waals surface area contributed by atoms with Gasteiger partial charge >= 0.3 is 0 Å². The van der Waals surface area contributed by atoms with E-state index in [9.17, 15) is 9.59 Å². The van der Waals surface area contributed by atoms with Gasteiger partial charge in [-0.05, 0) is 30.5 Å². The number of carbonyl (C=O) groups is 2. The van der Waals surface area contributed by atoms with Crippen LogP contribution >= 0.6 is 0 Å². The number of nitrogens with zero attached hydrogens (tertiary/aromatic N) is 3. The topological polar surface area (TPSA) is 74.7 Å². The van der Waals surface area contributed by atoms with E-state index in [1.54, 1.807) is 0 Å². The lowest BCUT2D eigenvalue weighted by atomic mass is 10.1. The third-order valence-electron chi connectivity index (χ3n) is 4.21. The van der Waals surface area contributed by atoms with Gasteiger partial charge in [-0.1, -0.05) is 36.4 Å². The van der Waals surface area contributed by atoms with E-state index in [4.69, 9.17) is 0 Å². The largest absolute Gasteiger partial charge is 0.351 e. The van der Waals surface area contributed by atoms with Crippen LogP contribution in [0.2, 0.25) is 0 Å². The molecule has 1 aromatic carbocycles. The maximum absolute atomic E-state index is 12.4. The third kappa shape index (κ3) is 4.75. The van der Waals surface area contributed by atoms with Gasteiger partial charge in [0.2, 0.25) is 5.91 Å². The number of aromatic nitrogens is 1. The van der Waals surface area contributed by atoms with E-state index in [1.165, 1.54) is 5.01 Å². The van der Waals surface area contributed by atoms with E-state index >= 15 is 0 Å². The van der Waals surface area contributed by atoms with Crippen molar-refractivity contribution in [1.82, 2.24) is 15.3 Å². The zero-order chi connectivity index (χ0) is 18.4. The van der Waals surface area contributed by atoms with Crippen LogP contribution in [0.5, 0.6) is 0 Å². The predicted molar refractivity (Wildman–Crippen MR) is 99.3 cm³/mol. The van der Waals surface area contributed by atoms with E-state index in [0.29, 0.717) is 38.1 Å². The fraction of sp³-hybridized carbons (Fsp3) is 0.300. The Morgan fingerprint density at radius 2 is 1.92 bits per heavy atom. The highest BCUT2D eigenvalue weighted by molar-refractivity contribution is 6.39. The van der Waals surface area contributed by atoms with Crippen LogP contribution < -0.4 is 5.32 Å². The Kier molecular flexibility index (Phi) is 5.73. The van der Waals surface area contributed by atoms with Crippen LogP contribution in [-0.4, -0.2) is 34.1 Å². The van der Waals surface area contributed by atoms with E-state index in [2.05, 4.69) is 15.4 Å². The van der Waals surface area contributed by atoms with Crippen molar-refractivity contribution < 1.29 is 9.59 Å². The summed E-state index contributed by atoms with van der Waals surface area (Å²) in [5, 5.41) is 8.54. The second-order valence-corrected chi connectivity index (χ2v) is 6.30. The maximum Gasteiger partial charge on any atom is 0.267 e. The molecule has 1 aliphatic rings. The molecule has 0 atom stereocenters. The first-order chi connectivity index (χ1) is 12.6. The average Bonchev–Trinajstić information content (AvgIpc) is 2.66. The minimum atomic E-state index is -0.212. The molecule has 1 aliphatic heterocycles. The monoisotopic (exact) mass is 350 g/mol. The molecule has 0 bridgehead atoms. The molecular weight excluding hydrogens is 328 g/mol. The van der Waals surface area contributed by atoms with Crippen LogP contribution in [0.25, 0.3) is 0 Å². The zero-order valence-corrected chi connectivity index (χ0v) is 14.8. The van der Waals surface area contributed by atoms with Crippen molar-refractivity contribution in [3.8, 4) is 0 Å². The Labute approximate surface area is 152 Å². The van der Waals surface area contributed by atoms with Gasteiger partial charge in [0.15, 0.2) is 0 Å². The van der Waals surface area contributed by atoms with Crippen molar-refractivity contribution in [2.75, 3.05) is 6.54 Å². The van der Waals surface area contributed by atoms with E-state index in [0.717, 1.165) is 16.8 Å². The molecule has 134 valence electrons. The van der Waals surface area contributed by atoms with Crippen LogP contribution in [0.1, 0.15) is 29.7 Å². The molecule has 1 N–H and O–H groups in total. The molecular formula is C20H22N4O2. The first kappa shape index (κ1) is 17.8. The second kappa shape index (κ2) is 8.38. The number of nitrogens with one attached hydrogen (secondary N) is 1. The van der Waals surface area contributed by atoms with Crippen LogP contribution in [-0.2, 0) is 22.6 Å². The van der Waals surface area contributed by atoms with Gasteiger partial charge in [0.25, 0.3) is 5.91 Å². The van der Waals surface area contributed by atoms with Gasteiger partial charge in [-0.15, -0.1) is 0 Å². The highest BCUT2D eigenvalue weighted by Gasteiger charge is 2.24.